The number of alkyl halides is 1. The van der Waals surface area contributed by atoms with Crippen LogP contribution in [0.4, 0.5) is 15.8 Å². The number of benzene rings is 3. The number of aromatic nitrogens is 1. The van der Waals surface area contributed by atoms with Gasteiger partial charge < -0.3 is 32.1 Å². The van der Waals surface area contributed by atoms with Crippen LogP contribution in [0.25, 0.3) is 0 Å². The third kappa shape index (κ3) is 17.3. The van der Waals surface area contributed by atoms with Gasteiger partial charge in [-0.25, -0.2) is 17.6 Å². The molecule has 14 nitrogen and oxygen atoms in total. The molecule has 0 aliphatic heterocycles. The first-order valence-electron chi connectivity index (χ1n) is 18.2. The zero-order valence-corrected chi connectivity index (χ0v) is 35.2. The van der Waals surface area contributed by atoms with Crippen molar-refractivity contribution in [1.29, 1.82) is 0 Å². The van der Waals surface area contributed by atoms with Crippen molar-refractivity contribution in [2.45, 2.75) is 65.3 Å². The molecular formula is C41H53ClFN7O7S. The molecule has 58 heavy (non-hydrogen) atoms. The van der Waals surface area contributed by atoms with Gasteiger partial charge in [-0.05, 0) is 99.8 Å². The normalized spacial score (nSPS) is 11.9. The van der Waals surface area contributed by atoms with E-state index < -0.39 is 45.6 Å². The van der Waals surface area contributed by atoms with Crippen molar-refractivity contribution in [3.63, 3.8) is 0 Å². The van der Waals surface area contributed by atoms with Gasteiger partial charge in [0.05, 0.1) is 24.0 Å². The van der Waals surface area contributed by atoms with E-state index in [4.69, 9.17) is 22.4 Å². The Labute approximate surface area is 344 Å². The minimum Gasteiger partial charge on any atom is -0.479 e. The average Bonchev–Trinajstić information content (AvgIpc) is 3.17. The highest BCUT2D eigenvalue weighted by Gasteiger charge is 2.25. The Morgan fingerprint density at radius 3 is 2.05 bits per heavy atom. The summed E-state index contributed by atoms with van der Waals surface area (Å²) in [5.41, 5.74) is 7.41. The lowest BCUT2D eigenvalue weighted by molar-refractivity contribution is -0.148. The molecule has 3 amide bonds. The summed E-state index contributed by atoms with van der Waals surface area (Å²) in [5, 5.41) is 20.1. The molecule has 4 rings (SSSR count). The molecule has 7 N–H and O–H groups in total. The highest BCUT2D eigenvalue weighted by Crippen LogP contribution is 2.23. The largest absolute Gasteiger partial charge is 0.479 e. The number of nitrogens with zero attached hydrogens (tertiary/aromatic N) is 2. The molecule has 4 aromatic rings. The Morgan fingerprint density at radius 2 is 1.55 bits per heavy atom. The van der Waals surface area contributed by atoms with Crippen LogP contribution in [-0.4, -0.2) is 80.3 Å². The quantitative estimate of drug-likeness (QED) is 0.0660. The predicted molar refractivity (Wildman–Crippen MR) is 226 cm³/mol. The van der Waals surface area contributed by atoms with E-state index in [2.05, 4.69) is 26.3 Å². The number of nitrogens with one attached hydrogen (secondary N) is 4. The minimum absolute atomic E-state index is 0.104. The molecule has 0 saturated heterocycles. The molecule has 1 heterocycles. The molecular weight excluding hydrogens is 789 g/mol. The van der Waals surface area contributed by atoms with Gasteiger partial charge in [-0.1, -0.05) is 48.9 Å². The summed E-state index contributed by atoms with van der Waals surface area (Å²) < 4.78 is 37.4. The number of carbonyl (C=O) groups is 4. The zero-order valence-electron chi connectivity index (χ0n) is 33.7. The Morgan fingerprint density at radius 1 is 0.931 bits per heavy atom. The SMILES string of the molecule is CC(C)(F)C(=O)O.CC[C@H](NCCNC(=O)c1cc(C(=O)N[C@H](C)c2cccc(Cl)c2)cc(N(C)S(C)(=O)=O)c1)C(=O)NCc1ccc(N)cc1.Cc1ccccn1. The fourth-order valence-corrected chi connectivity index (χ4v) is 5.42. The molecule has 0 unspecified atom stereocenters. The first-order valence-corrected chi connectivity index (χ1v) is 20.4. The highest BCUT2D eigenvalue weighted by molar-refractivity contribution is 7.92. The van der Waals surface area contributed by atoms with Crippen molar-refractivity contribution in [3.05, 3.63) is 124 Å². The summed E-state index contributed by atoms with van der Waals surface area (Å²) in [4.78, 5) is 52.6. The topological polar surface area (TPSA) is 213 Å². The van der Waals surface area contributed by atoms with Gasteiger partial charge in [-0.15, -0.1) is 0 Å². The maximum atomic E-state index is 13.2. The molecule has 0 saturated carbocycles. The zero-order chi connectivity index (χ0) is 43.6. The Hall–Kier alpha value is -5.58. The molecule has 314 valence electrons. The number of hydrogen-bond donors (Lipinski definition) is 6. The van der Waals surface area contributed by atoms with Crippen LogP contribution in [0.15, 0.2) is 91.1 Å². The number of aryl methyl sites for hydroxylation is 1. The monoisotopic (exact) mass is 841 g/mol. The molecule has 0 fully saturated rings. The van der Waals surface area contributed by atoms with Gasteiger partial charge in [0, 0.05) is 60.4 Å². The summed E-state index contributed by atoms with van der Waals surface area (Å²) in [6.45, 7) is 8.47. The number of halogens is 2. The van der Waals surface area contributed by atoms with Gasteiger partial charge in [-0.2, -0.15) is 0 Å². The van der Waals surface area contributed by atoms with E-state index in [0.29, 0.717) is 30.2 Å². The minimum atomic E-state index is -3.68. The summed E-state index contributed by atoms with van der Waals surface area (Å²) in [7, 11) is -2.33. The molecule has 1 aromatic heterocycles. The number of anilines is 2. The van der Waals surface area contributed by atoms with Gasteiger partial charge in [-0.3, -0.25) is 23.7 Å². The summed E-state index contributed by atoms with van der Waals surface area (Å²) in [6.07, 6.45) is 3.35. The van der Waals surface area contributed by atoms with Gasteiger partial charge in [0.1, 0.15) is 0 Å². The number of carboxylic acids is 1. The molecule has 2 atom stereocenters. The number of nitrogens with two attached hydrogens (primary N) is 1. The third-order valence-electron chi connectivity index (χ3n) is 8.29. The average molecular weight is 842 g/mol. The Balaban J connectivity index is 0.000000696. The Bertz CT molecular complexity index is 2080. The van der Waals surface area contributed by atoms with Gasteiger partial charge in [0.15, 0.2) is 0 Å². The first kappa shape index (κ1) is 48.6. The predicted octanol–water partition coefficient (Wildman–Crippen LogP) is 5.43. The molecule has 3 aromatic carbocycles. The van der Waals surface area contributed by atoms with Gasteiger partial charge in [0.2, 0.25) is 21.6 Å². The number of sulfonamides is 1. The lowest BCUT2D eigenvalue weighted by atomic mass is 10.1. The summed E-state index contributed by atoms with van der Waals surface area (Å²) in [6, 6.07) is 23.5. The van der Waals surface area contributed by atoms with Crippen LogP contribution in [0.1, 0.15) is 77.7 Å². The maximum Gasteiger partial charge on any atom is 0.340 e. The van der Waals surface area contributed by atoms with Crippen molar-refractivity contribution in [2.24, 2.45) is 0 Å². The lowest BCUT2D eigenvalue weighted by Crippen LogP contribution is -2.46. The van der Waals surface area contributed by atoms with E-state index in [1.54, 1.807) is 43.5 Å². The fraction of sp³-hybridized carbons (Fsp3) is 0.341. The van der Waals surface area contributed by atoms with Crippen LogP contribution >= 0.6 is 11.6 Å². The molecule has 0 bridgehead atoms. The second kappa shape index (κ2) is 23.0. The van der Waals surface area contributed by atoms with E-state index in [1.165, 1.54) is 25.2 Å². The van der Waals surface area contributed by atoms with Crippen LogP contribution in [0.2, 0.25) is 5.02 Å². The van der Waals surface area contributed by atoms with Crippen molar-refractivity contribution in [1.82, 2.24) is 26.3 Å². The first-order chi connectivity index (χ1) is 27.1. The number of aliphatic carboxylic acids is 1. The smallest absolute Gasteiger partial charge is 0.340 e. The summed E-state index contributed by atoms with van der Waals surface area (Å²) in [5.74, 6) is -2.59. The van der Waals surface area contributed by atoms with E-state index in [-0.39, 0.29) is 29.3 Å². The van der Waals surface area contributed by atoms with Crippen molar-refractivity contribution < 1.29 is 37.1 Å². The van der Waals surface area contributed by atoms with Crippen LogP contribution in [0.5, 0.6) is 0 Å². The number of rotatable bonds is 15. The second-order valence-electron chi connectivity index (χ2n) is 13.6. The fourth-order valence-electron chi connectivity index (χ4n) is 4.73. The summed E-state index contributed by atoms with van der Waals surface area (Å²) >= 11 is 6.08. The lowest BCUT2D eigenvalue weighted by Gasteiger charge is -2.20. The van der Waals surface area contributed by atoms with Crippen LogP contribution < -0.4 is 31.3 Å². The van der Waals surface area contributed by atoms with Gasteiger partial charge in [0.25, 0.3) is 11.8 Å². The number of nitrogen functional groups attached to an aromatic ring is 1. The second-order valence-corrected chi connectivity index (χ2v) is 16.1. The van der Waals surface area contributed by atoms with E-state index in [0.717, 1.165) is 41.2 Å². The number of carboxylic acid groups (broad SMARTS) is 1. The van der Waals surface area contributed by atoms with Crippen molar-refractivity contribution in [3.8, 4) is 0 Å². The van der Waals surface area contributed by atoms with Crippen LogP contribution in [0.3, 0.4) is 0 Å². The molecule has 17 heteroatoms. The van der Waals surface area contributed by atoms with Crippen molar-refractivity contribution >= 4 is 56.7 Å². The maximum absolute atomic E-state index is 13.2. The van der Waals surface area contributed by atoms with Crippen molar-refractivity contribution in [2.75, 3.05) is 36.4 Å². The van der Waals surface area contributed by atoms with Crippen LogP contribution in [-0.2, 0) is 26.2 Å². The molecule has 0 aliphatic carbocycles. The Kier molecular flexibility index (Phi) is 19.2. The van der Waals surface area contributed by atoms with E-state index >= 15 is 0 Å². The number of pyridine rings is 1. The number of hydrogen-bond acceptors (Lipinski definition) is 9. The van der Waals surface area contributed by atoms with Gasteiger partial charge >= 0.3 is 5.97 Å². The van der Waals surface area contributed by atoms with E-state index in [9.17, 15) is 32.0 Å². The standard InChI is InChI=1S/C31H39ClN6O5S.C6H7N.C4H7FO2/c1-5-28(31(41)36-19-21-9-11-26(33)12-10-21)34-13-14-35-29(39)23-15-24(18-27(17-23)38(3)44(4,42)43)30(40)37-20(2)22-7-6-8-25(32)16-22;1-6-4-2-3-5-7-6;1-4(2,5)3(6)7/h6-12,15-18,20,28,34H,5,13-14,19,33H2,1-4H3,(H,35,39)(H,36,41)(H,37,40);2-5H,1H3;1-2H3,(H,6,7)/t20-,28+;;/m1../s1. The number of carbonyl (C=O) groups excluding carboxylic acids is 3. The highest BCUT2D eigenvalue weighted by atomic mass is 35.5. The van der Waals surface area contributed by atoms with Crippen LogP contribution in [0, 0.1) is 6.92 Å². The number of amides is 3. The third-order valence-corrected chi connectivity index (χ3v) is 9.73. The van der Waals surface area contributed by atoms with E-state index in [1.807, 2.05) is 50.2 Å². The molecule has 0 spiro atoms. The molecule has 0 aliphatic rings. The molecule has 0 radical (unpaired) electrons.